The fraction of sp³-hybridized carbons (Fsp3) is 0.423. The minimum atomic E-state index is -0.0575. The van der Waals surface area contributed by atoms with Crippen LogP contribution in [0.25, 0.3) is 11.0 Å². The quantitative estimate of drug-likeness (QED) is 0.511. The lowest BCUT2D eigenvalue weighted by atomic mass is 10.0. The van der Waals surface area contributed by atoms with E-state index in [1.165, 1.54) is 0 Å². The van der Waals surface area contributed by atoms with Gasteiger partial charge in [-0.25, -0.2) is 4.79 Å². The summed E-state index contributed by atoms with van der Waals surface area (Å²) in [6.07, 6.45) is 2.75. The van der Waals surface area contributed by atoms with Crippen LogP contribution in [0.5, 0.6) is 0 Å². The van der Waals surface area contributed by atoms with Gasteiger partial charge in [0.15, 0.2) is 0 Å². The van der Waals surface area contributed by atoms with E-state index in [-0.39, 0.29) is 30.0 Å². The summed E-state index contributed by atoms with van der Waals surface area (Å²) in [4.78, 5) is 39.9. The van der Waals surface area contributed by atoms with E-state index >= 15 is 0 Å². The minimum Gasteiger partial charge on any atom is -0.353 e. The summed E-state index contributed by atoms with van der Waals surface area (Å²) in [5, 5.41) is 6.03. The third kappa shape index (κ3) is 5.75. The number of benzene rings is 2. The van der Waals surface area contributed by atoms with Crippen molar-refractivity contribution in [2.75, 3.05) is 25.0 Å². The SMILES string of the molecule is CCCn1c(=O)n(CCC(=O)NC2CCN(CC(=O)Nc3ccccc3)CC2)c2ccccc21. The smallest absolute Gasteiger partial charge is 0.329 e. The van der Waals surface area contributed by atoms with E-state index in [1.807, 2.05) is 61.5 Å². The maximum Gasteiger partial charge on any atom is 0.329 e. The zero-order valence-corrected chi connectivity index (χ0v) is 19.7. The summed E-state index contributed by atoms with van der Waals surface area (Å²) in [7, 11) is 0. The normalized spacial score (nSPS) is 14.9. The van der Waals surface area contributed by atoms with Crippen molar-refractivity contribution in [2.45, 2.75) is 51.7 Å². The van der Waals surface area contributed by atoms with E-state index in [2.05, 4.69) is 15.5 Å². The van der Waals surface area contributed by atoms with E-state index in [0.717, 1.165) is 49.1 Å². The Bertz CT molecular complexity index is 1180. The number of aryl methyl sites for hydroxylation is 2. The van der Waals surface area contributed by atoms with Gasteiger partial charge in [0.2, 0.25) is 11.8 Å². The molecule has 1 aliphatic heterocycles. The standard InChI is InChI=1S/C26H33N5O3/c1-2-15-30-22-10-6-7-11-23(22)31(26(30)34)18-14-24(32)27-21-12-16-29(17-13-21)19-25(33)28-20-8-4-3-5-9-20/h3-11,21H,2,12-19H2,1H3,(H,27,32)(H,28,33). The largest absolute Gasteiger partial charge is 0.353 e. The molecular weight excluding hydrogens is 430 g/mol. The van der Waals surface area contributed by atoms with E-state index in [4.69, 9.17) is 0 Å². The second kappa shape index (κ2) is 11.2. The molecule has 1 saturated heterocycles. The number of rotatable bonds is 9. The number of hydrogen-bond acceptors (Lipinski definition) is 4. The minimum absolute atomic E-state index is 0.0265. The van der Waals surface area contributed by atoms with E-state index in [9.17, 15) is 14.4 Å². The Morgan fingerprint density at radius 3 is 2.15 bits per heavy atom. The molecule has 0 aliphatic carbocycles. The predicted molar refractivity (Wildman–Crippen MR) is 134 cm³/mol. The molecule has 0 bridgehead atoms. The number of fused-ring (bicyclic) bond motifs is 1. The van der Waals surface area contributed by atoms with Crippen LogP contribution in [0.2, 0.25) is 0 Å². The Balaban J connectivity index is 1.24. The topological polar surface area (TPSA) is 88.4 Å². The number of aromatic nitrogens is 2. The molecule has 8 nitrogen and oxygen atoms in total. The molecule has 34 heavy (non-hydrogen) atoms. The molecule has 2 N–H and O–H groups in total. The number of hydrogen-bond donors (Lipinski definition) is 2. The Morgan fingerprint density at radius 2 is 1.50 bits per heavy atom. The molecule has 1 aromatic heterocycles. The lowest BCUT2D eigenvalue weighted by Crippen LogP contribution is -2.46. The molecule has 2 aromatic carbocycles. The summed E-state index contributed by atoms with van der Waals surface area (Å²) in [5.74, 6) is -0.0687. The van der Waals surface area contributed by atoms with Crippen LogP contribution in [0.15, 0.2) is 59.4 Å². The second-order valence-electron chi connectivity index (χ2n) is 8.86. The van der Waals surface area contributed by atoms with Crippen LogP contribution >= 0.6 is 0 Å². The number of amides is 2. The van der Waals surface area contributed by atoms with Gasteiger partial charge in [-0.1, -0.05) is 37.3 Å². The molecule has 8 heteroatoms. The van der Waals surface area contributed by atoms with Crippen molar-refractivity contribution in [3.8, 4) is 0 Å². The second-order valence-corrected chi connectivity index (χ2v) is 8.86. The first-order valence-corrected chi connectivity index (χ1v) is 12.1. The fourth-order valence-corrected chi connectivity index (χ4v) is 4.60. The van der Waals surface area contributed by atoms with Crippen LogP contribution in [-0.4, -0.2) is 51.5 Å². The number of anilines is 1. The molecule has 3 aromatic rings. The van der Waals surface area contributed by atoms with Gasteiger partial charge in [0.25, 0.3) is 0 Å². The first kappa shape index (κ1) is 23.8. The summed E-state index contributed by atoms with van der Waals surface area (Å²) in [6, 6.07) is 17.3. The van der Waals surface area contributed by atoms with Gasteiger partial charge < -0.3 is 10.6 Å². The first-order valence-electron chi connectivity index (χ1n) is 12.1. The molecule has 2 amide bonds. The highest BCUT2D eigenvalue weighted by molar-refractivity contribution is 5.92. The molecule has 4 rings (SSSR count). The van der Waals surface area contributed by atoms with Crippen molar-refractivity contribution in [1.29, 1.82) is 0 Å². The summed E-state index contributed by atoms with van der Waals surface area (Å²) in [5.41, 5.74) is 2.53. The molecule has 0 spiro atoms. The Hall–Kier alpha value is -3.39. The zero-order valence-electron chi connectivity index (χ0n) is 19.7. The van der Waals surface area contributed by atoms with Crippen LogP contribution in [0.3, 0.4) is 0 Å². The molecule has 0 saturated carbocycles. The van der Waals surface area contributed by atoms with Gasteiger partial charge >= 0.3 is 5.69 Å². The Morgan fingerprint density at radius 1 is 0.882 bits per heavy atom. The molecule has 180 valence electrons. The van der Waals surface area contributed by atoms with Gasteiger partial charge in [0.05, 0.1) is 17.6 Å². The highest BCUT2D eigenvalue weighted by Crippen LogP contribution is 2.15. The van der Waals surface area contributed by atoms with Crippen molar-refractivity contribution >= 4 is 28.5 Å². The third-order valence-electron chi connectivity index (χ3n) is 6.31. The van der Waals surface area contributed by atoms with Crippen LogP contribution in [-0.2, 0) is 22.7 Å². The van der Waals surface area contributed by atoms with Gasteiger partial charge in [0, 0.05) is 44.3 Å². The number of likely N-dealkylation sites (tertiary alicyclic amines) is 1. The number of carbonyl (C=O) groups excluding carboxylic acids is 2. The number of nitrogens with zero attached hydrogens (tertiary/aromatic N) is 3. The molecule has 1 fully saturated rings. The number of para-hydroxylation sites is 3. The lowest BCUT2D eigenvalue weighted by molar-refractivity contribution is -0.123. The number of carbonyl (C=O) groups is 2. The first-order chi connectivity index (χ1) is 16.5. The maximum atomic E-state index is 12.9. The summed E-state index contributed by atoms with van der Waals surface area (Å²) >= 11 is 0. The monoisotopic (exact) mass is 463 g/mol. The van der Waals surface area contributed by atoms with Crippen molar-refractivity contribution in [3.63, 3.8) is 0 Å². The number of imidazole rings is 1. The highest BCUT2D eigenvalue weighted by Gasteiger charge is 2.22. The van der Waals surface area contributed by atoms with Crippen LogP contribution in [0.1, 0.15) is 32.6 Å². The van der Waals surface area contributed by atoms with Crippen LogP contribution in [0, 0.1) is 0 Å². The summed E-state index contributed by atoms with van der Waals surface area (Å²) < 4.78 is 3.50. The number of nitrogens with one attached hydrogen (secondary N) is 2. The Kier molecular flexibility index (Phi) is 7.80. The van der Waals surface area contributed by atoms with Crippen molar-refractivity contribution < 1.29 is 9.59 Å². The Labute approximate surface area is 199 Å². The molecule has 0 atom stereocenters. The molecule has 0 unspecified atom stereocenters. The zero-order chi connectivity index (χ0) is 23.9. The predicted octanol–water partition coefficient (Wildman–Crippen LogP) is 2.82. The van der Waals surface area contributed by atoms with Crippen molar-refractivity contribution in [2.24, 2.45) is 0 Å². The van der Waals surface area contributed by atoms with Crippen LogP contribution in [0.4, 0.5) is 5.69 Å². The van der Waals surface area contributed by atoms with E-state index in [0.29, 0.717) is 19.6 Å². The average Bonchev–Trinajstić information content (AvgIpc) is 3.10. The molecule has 2 heterocycles. The molecular formula is C26H33N5O3. The van der Waals surface area contributed by atoms with Crippen molar-refractivity contribution in [3.05, 3.63) is 65.1 Å². The summed E-state index contributed by atoms with van der Waals surface area (Å²) in [6.45, 7) is 4.95. The van der Waals surface area contributed by atoms with Crippen molar-refractivity contribution in [1.82, 2.24) is 19.4 Å². The fourth-order valence-electron chi connectivity index (χ4n) is 4.60. The van der Waals surface area contributed by atoms with Crippen LogP contribution < -0.4 is 16.3 Å². The highest BCUT2D eigenvalue weighted by atomic mass is 16.2. The van der Waals surface area contributed by atoms with E-state index in [1.54, 1.807) is 9.13 Å². The van der Waals surface area contributed by atoms with Gasteiger partial charge in [-0.05, 0) is 43.5 Å². The molecule has 1 aliphatic rings. The number of piperidine rings is 1. The lowest BCUT2D eigenvalue weighted by Gasteiger charge is -2.31. The van der Waals surface area contributed by atoms with Gasteiger partial charge in [-0.2, -0.15) is 0 Å². The third-order valence-corrected chi connectivity index (χ3v) is 6.31. The molecule has 0 radical (unpaired) electrons. The average molecular weight is 464 g/mol. The van der Waals surface area contributed by atoms with E-state index < -0.39 is 0 Å². The maximum absolute atomic E-state index is 12.9. The van der Waals surface area contributed by atoms with Gasteiger partial charge in [-0.15, -0.1) is 0 Å². The van der Waals surface area contributed by atoms with Gasteiger partial charge in [-0.3, -0.25) is 23.6 Å². The van der Waals surface area contributed by atoms with Gasteiger partial charge in [0.1, 0.15) is 0 Å².